The fourth-order valence-electron chi connectivity index (χ4n) is 5.28. The van der Waals surface area contributed by atoms with Crippen molar-refractivity contribution in [2.45, 2.75) is 83.5 Å². The van der Waals surface area contributed by atoms with Gasteiger partial charge in [-0.05, 0) is 77.7 Å². The third-order valence-electron chi connectivity index (χ3n) is 7.43. The van der Waals surface area contributed by atoms with E-state index in [-0.39, 0.29) is 5.82 Å². The SMILES string of the molecule is CC1CCC(c2ccc(Cc3ccc(C4CCC(C)CC4)cc3F)cc2)CC1. The highest BCUT2D eigenvalue weighted by molar-refractivity contribution is 5.33. The van der Waals surface area contributed by atoms with Gasteiger partial charge >= 0.3 is 0 Å². The Labute approximate surface area is 170 Å². The monoisotopic (exact) mass is 378 g/mol. The zero-order valence-corrected chi connectivity index (χ0v) is 17.6. The molecule has 0 aromatic heterocycles. The number of hydrogen-bond donors (Lipinski definition) is 0. The van der Waals surface area contributed by atoms with Gasteiger partial charge in [-0.3, -0.25) is 0 Å². The van der Waals surface area contributed by atoms with Gasteiger partial charge < -0.3 is 0 Å². The van der Waals surface area contributed by atoms with Gasteiger partial charge in [-0.1, -0.05) is 75.9 Å². The van der Waals surface area contributed by atoms with Gasteiger partial charge in [-0.2, -0.15) is 0 Å². The van der Waals surface area contributed by atoms with Gasteiger partial charge in [-0.15, -0.1) is 0 Å². The second kappa shape index (κ2) is 8.80. The lowest BCUT2D eigenvalue weighted by atomic mass is 9.79. The van der Waals surface area contributed by atoms with Crippen LogP contribution in [0.4, 0.5) is 4.39 Å². The molecular weight excluding hydrogens is 343 g/mol. The highest BCUT2D eigenvalue weighted by atomic mass is 19.1. The molecule has 1 heteroatoms. The summed E-state index contributed by atoms with van der Waals surface area (Å²) < 4.78 is 14.8. The number of rotatable bonds is 4. The van der Waals surface area contributed by atoms with E-state index in [9.17, 15) is 4.39 Å². The molecule has 0 nitrogen and oxygen atoms in total. The van der Waals surface area contributed by atoms with Crippen LogP contribution in [0.15, 0.2) is 42.5 Å². The first-order chi connectivity index (χ1) is 13.6. The summed E-state index contributed by atoms with van der Waals surface area (Å²) in [5.41, 5.74) is 4.71. The van der Waals surface area contributed by atoms with Crippen molar-refractivity contribution in [2.75, 3.05) is 0 Å². The normalized spacial score (nSPS) is 28.2. The molecule has 0 bridgehead atoms. The Kier molecular flexibility index (Phi) is 6.19. The van der Waals surface area contributed by atoms with Crippen LogP contribution in [0.5, 0.6) is 0 Å². The zero-order valence-electron chi connectivity index (χ0n) is 17.6. The van der Waals surface area contributed by atoms with E-state index >= 15 is 0 Å². The molecular formula is C27H35F. The topological polar surface area (TPSA) is 0 Å². The maximum absolute atomic E-state index is 14.8. The largest absolute Gasteiger partial charge is 0.207 e. The molecule has 0 radical (unpaired) electrons. The Morgan fingerprint density at radius 1 is 0.679 bits per heavy atom. The molecule has 0 unspecified atom stereocenters. The van der Waals surface area contributed by atoms with Crippen molar-refractivity contribution in [2.24, 2.45) is 11.8 Å². The second-order valence-corrected chi connectivity index (χ2v) is 9.68. The molecule has 2 aromatic carbocycles. The lowest BCUT2D eigenvalue weighted by Gasteiger charge is -2.27. The van der Waals surface area contributed by atoms with Crippen molar-refractivity contribution in [1.29, 1.82) is 0 Å². The molecule has 2 saturated carbocycles. The first kappa shape index (κ1) is 19.7. The molecule has 4 rings (SSSR count). The quantitative estimate of drug-likeness (QED) is 0.505. The molecule has 0 heterocycles. The highest BCUT2D eigenvalue weighted by Gasteiger charge is 2.21. The van der Waals surface area contributed by atoms with Gasteiger partial charge in [0.05, 0.1) is 0 Å². The summed E-state index contributed by atoms with van der Waals surface area (Å²) in [4.78, 5) is 0. The lowest BCUT2D eigenvalue weighted by molar-refractivity contribution is 0.347. The molecule has 28 heavy (non-hydrogen) atoms. The van der Waals surface area contributed by atoms with Crippen LogP contribution in [0.3, 0.4) is 0 Å². The van der Waals surface area contributed by atoms with Crippen molar-refractivity contribution >= 4 is 0 Å². The van der Waals surface area contributed by atoms with E-state index in [1.54, 1.807) is 0 Å². The van der Waals surface area contributed by atoms with Crippen LogP contribution in [0.1, 0.15) is 99.3 Å². The molecule has 0 amide bonds. The van der Waals surface area contributed by atoms with Crippen molar-refractivity contribution in [3.8, 4) is 0 Å². The Morgan fingerprint density at radius 3 is 1.71 bits per heavy atom. The summed E-state index contributed by atoms with van der Waals surface area (Å²) in [7, 11) is 0. The summed E-state index contributed by atoms with van der Waals surface area (Å²) in [5, 5.41) is 0. The van der Waals surface area contributed by atoms with Crippen LogP contribution in [0.25, 0.3) is 0 Å². The Morgan fingerprint density at radius 2 is 1.18 bits per heavy atom. The molecule has 0 N–H and O–H groups in total. The minimum atomic E-state index is -0.0264. The number of hydrogen-bond acceptors (Lipinski definition) is 0. The summed E-state index contributed by atoms with van der Waals surface area (Å²) in [6, 6.07) is 15.0. The van der Waals surface area contributed by atoms with Crippen LogP contribution in [0.2, 0.25) is 0 Å². The molecule has 2 aromatic rings. The summed E-state index contributed by atoms with van der Waals surface area (Å²) in [6.07, 6.45) is 11.0. The van der Waals surface area contributed by atoms with Crippen molar-refractivity contribution in [3.63, 3.8) is 0 Å². The van der Waals surface area contributed by atoms with Crippen LogP contribution in [-0.2, 0) is 6.42 Å². The predicted molar refractivity (Wildman–Crippen MR) is 116 cm³/mol. The number of benzene rings is 2. The van der Waals surface area contributed by atoms with Gasteiger partial charge in [0, 0.05) is 6.42 Å². The maximum Gasteiger partial charge on any atom is 0.127 e. The van der Waals surface area contributed by atoms with Gasteiger partial charge in [0.1, 0.15) is 5.82 Å². The van der Waals surface area contributed by atoms with E-state index in [0.717, 1.165) is 23.3 Å². The average Bonchev–Trinajstić information content (AvgIpc) is 2.71. The molecule has 0 spiro atoms. The first-order valence-corrected chi connectivity index (χ1v) is 11.5. The minimum absolute atomic E-state index is 0.0264. The van der Waals surface area contributed by atoms with Crippen LogP contribution >= 0.6 is 0 Å². The first-order valence-electron chi connectivity index (χ1n) is 11.5. The van der Waals surface area contributed by atoms with Crippen molar-refractivity contribution in [1.82, 2.24) is 0 Å². The van der Waals surface area contributed by atoms with E-state index in [1.165, 1.54) is 68.1 Å². The van der Waals surface area contributed by atoms with E-state index in [2.05, 4.69) is 44.2 Å². The van der Waals surface area contributed by atoms with E-state index < -0.39 is 0 Å². The Balaban J connectivity index is 1.40. The smallest absolute Gasteiger partial charge is 0.127 e. The Hall–Kier alpha value is -1.63. The molecule has 2 aliphatic carbocycles. The Bertz CT molecular complexity index is 759. The fourth-order valence-corrected chi connectivity index (χ4v) is 5.28. The third kappa shape index (κ3) is 4.67. The highest BCUT2D eigenvalue weighted by Crippen LogP contribution is 2.37. The van der Waals surface area contributed by atoms with Gasteiger partial charge in [0.25, 0.3) is 0 Å². The predicted octanol–water partition coefficient (Wildman–Crippen LogP) is 8.00. The van der Waals surface area contributed by atoms with Crippen molar-refractivity contribution in [3.05, 3.63) is 70.5 Å². The average molecular weight is 379 g/mol. The standard InChI is InChI=1S/C27H35F/c1-19-3-9-22(10-4-19)23-13-7-21(8-14-23)17-26-16-15-25(18-27(26)28)24-11-5-20(2)6-12-24/h7-8,13-16,18-20,22,24H,3-6,9-12,17H2,1-2H3. The minimum Gasteiger partial charge on any atom is -0.207 e. The summed E-state index contributed by atoms with van der Waals surface area (Å²) in [5.74, 6) is 2.97. The van der Waals surface area contributed by atoms with Gasteiger partial charge in [0.15, 0.2) is 0 Å². The fraction of sp³-hybridized carbons (Fsp3) is 0.556. The van der Waals surface area contributed by atoms with Crippen LogP contribution in [-0.4, -0.2) is 0 Å². The second-order valence-electron chi connectivity index (χ2n) is 9.68. The summed E-state index contributed by atoms with van der Waals surface area (Å²) in [6.45, 7) is 4.70. The number of halogens is 1. The zero-order chi connectivity index (χ0) is 19.5. The van der Waals surface area contributed by atoms with Crippen molar-refractivity contribution < 1.29 is 4.39 Å². The molecule has 2 fully saturated rings. The third-order valence-corrected chi connectivity index (χ3v) is 7.43. The van der Waals surface area contributed by atoms with Gasteiger partial charge in [-0.25, -0.2) is 4.39 Å². The van der Waals surface area contributed by atoms with E-state index in [4.69, 9.17) is 0 Å². The van der Waals surface area contributed by atoms with E-state index in [0.29, 0.717) is 12.3 Å². The van der Waals surface area contributed by atoms with Gasteiger partial charge in [0.2, 0.25) is 0 Å². The lowest BCUT2D eigenvalue weighted by Crippen LogP contribution is -2.11. The van der Waals surface area contributed by atoms with Crippen LogP contribution < -0.4 is 0 Å². The molecule has 150 valence electrons. The van der Waals surface area contributed by atoms with E-state index in [1.807, 2.05) is 12.1 Å². The molecule has 2 aliphatic rings. The van der Waals surface area contributed by atoms with Crippen LogP contribution in [0, 0.1) is 17.7 Å². The summed E-state index contributed by atoms with van der Waals surface area (Å²) >= 11 is 0. The molecule has 0 atom stereocenters. The molecule has 0 saturated heterocycles. The molecule has 0 aliphatic heterocycles. The maximum atomic E-state index is 14.8.